The maximum Gasteiger partial charge on any atom is 0.303 e. The third-order valence-electron chi connectivity index (χ3n) is 5.16. The number of imidazole rings is 1. The minimum Gasteiger partial charge on any atom is -0.368 e. The van der Waals surface area contributed by atoms with Gasteiger partial charge in [0, 0.05) is 18.3 Å². The van der Waals surface area contributed by atoms with Crippen LogP contribution in [-0.4, -0.2) is 32.5 Å². The minimum atomic E-state index is -0.690. The van der Waals surface area contributed by atoms with Gasteiger partial charge in [-0.25, -0.2) is 14.1 Å². The summed E-state index contributed by atoms with van der Waals surface area (Å²) < 4.78 is 4.43. The molecule has 4 aromatic rings. The van der Waals surface area contributed by atoms with Gasteiger partial charge in [0.25, 0.3) is 5.69 Å². The summed E-state index contributed by atoms with van der Waals surface area (Å²) in [5, 5.41) is 30.8. The normalized spacial score (nSPS) is 11.4. The first kappa shape index (κ1) is 22.9. The van der Waals surface area contributed by atoms with E-state index in [4.69, 9.17) is 0 Å². The number of azo groups is 1. The number of nitro groups is 2. The van der Waals surface area contributed by atoms with Crippen LogP contribution in [0.15, 0.2) is 65.3 Å². The average molecular weight is 482 g/mol. The Morgan fingerprint density at radius 3 is 2.53 bits per heavy atom. The molecule has 0 saturated heterocycles. The Labute approximate surface area is 197 Å². The first-order chi connectivity index (χ1) is 16.3. The van der Waals surface area contributed by atoms with Crippen molar-refractivity contribution >= 4 is 49.4 Å². The predicted octanol–water partition coefficient (Wildman–Crippen LogP) is 4.68. The molecule has 2 aromatic heterocycles. The largest absolute Gasteiger partial charge is 0.368 e. The number of hydrogen-bond acceptors (Lipinski definition) is 9. The van der Waals surface area contributed by atoms with Gasteiger partial charge in [-0.15, -0.1) is 10.2 Å². The summed E-state index contributed by atoms with van der Waals surface area (Å²) in [7, 11) is 1.99. The fourth-order valence-electron chi connectivity index (χ4n) is 3.44. The molecule has 174 valence electrons. The standard InChI is InChI=1S/C21H21N8O4S/c1-3-27(11-10-26-9-8-25(2)14-26)16-6-4-15(5-7-16)23-24-21-22-20-18(29(32)33)12-17(28(30)31)13-19(20)34-21/h4-9,12-14H,3,10-11H2,1-2H3/q+1/b24-23+. The highest BCUT2D eigenvalue weighted by Gasteiger charge is 2.22. The topological polar surface area (TPSA) is 136 Å². The van der Waals surface area contributed by atoms with Gasteiger partial charge in [0.15, 0.2) is 5.52 Å². The lowest BCUT2D eigenvalue weighted by atomic mass is 10.2. The van der Waals surface area contributed by atoms with Crippen LogP contribution >= 0.6 is 11.3 Å². The van der Waals surface area contributed by atoms with Crippen LogP contribution in [0.2, 0.25) is 0 Å². The first-order valence-electron chi connectivity index (χ1n) is 10.3. The van der Waals surface area contributed by atoms with Gasteiger partial charge in [0.2, 0.25) is 11.5 Å². The first-order valence-corrected chi connectivity index (χ1v) is 11.2. The van der Waals surface area contributed by atoms with Gasteiger partial charge in [-0.05, 0) is 31.2 Å². The fraction of sp³-hybridized carbons (Fsp3) is 0.238. The molecule has 0 aliphatic rings. The monoisotopic (exact) mass is 481 g/mol. The lowest BCUT2D eigenvalue weighted by Gasteiger charge is -2.22. The van der Waals surface area contributed by atoms with Crippen LogP contribution in [-0.2, 0) is 13.6 Å². The number of nitro benzene ring substituents is 2. The van der Waals surface area contributed by atoms with Gasteiger partial charge in [-0.2, -0.15) is 0 Å². The Morgan fingerprint density at radius 2 is 1.91 bits per heavy atom. The van der Waals surface area contributed by atoms with E-state index >= 15 is 0 Å². The molecule has 0 spiro atoms. The van der Waals surface area contributed by atoms with E-state index in [9.17, 15) is 20.2 Å². The number of benzene rings is 2. The maximum absolute atomic E-state index is 11.3. The third-order valence-corrected chi connectivity index (χ3v) is 6.04. The Kier molecular flexibility index (Phi) is 6.54. The Bertz CT molecular complexity index is 1380. The summed E-state index contributed by atoms with van der Waals surface area (Å²) >= 11 is 1.00. The van der Waals surface area contributed by atoms with E-state index in [1.54, 1.807) is 0 Å². The zero-order chi connectivity index (χ0) is 24.2. The molecule has 0 bridgehead atoms. The molecule has 0 unspecified atom stereocenters. The number of likely N-dealkylation sites (N-methyl/N-ethyl adjacent to an activating group) is 1. The van der Waals surface area contributed by atoms with Gasteiger partial charge in [0.05, 0.1) is 39.9 Å². The summed E-state index contributed by atoms with van der Waals surface area (Å²) in [6.07, 6.45) is 6.07. The molecule has 13 heteroatoms. The van der Waals surface area contributed by atoms with Crippen molar-refractivity contribution in [2.24, 2.45) is 17.3 Å². The zero-order valence-corrected chi connectivity index (χ0v) is 19.3. The molecule has 2 heterocycles. The van der Waals surface area contributed by atoms with E-state index in [1.165, 1.54) is 6.07 Å². The van der Waals surface area contributed by atoms with Gasteiger partial charge < -0.3 is 4.90 Å². The molecule has 0 N–H and O–H groups in total. The number of aromatic nitrogens is 3. The van der Waals surface area contributed by atoms with Crippen LogP contribution in [0.4, 0.5) is 27.9 Å². The number of non-ortho nitro benzene ring substituents is 2. The fourth-order valence-corrected chi connectivity index (χ4v) is 4.29. The summed E-state index contributed by atoms with van der Waals surface area (Å²) in [5.74, 6) is 0. The van der Waals surface area contributed by atoms with E-state index < -0.39 is 15.5 Å². The number of rotatable bonds is 9. The molecular formula is C21H21N8O4S+. The molecule has 4 rings (SSSR count). The summed E-state index contributed by atoms with van der Waals surface area (Å²) in [6, 6.07) is 9.73. The van der Waals surface area contributed by atoms with E-state index in [0.717, 1.165) is 42.7 Å². The molecule has 0 saturated carbocycles. The number of hydrogen-bond donors (Lipinski definition) is 0. The van der Waals surface area contributed by atoms with E-state index in [1.807, 2.05) is 54.6 Å². The second-order valence-corrected chi connectivity index (χ2v) is 8.44. The van der Waals surface area contributed by atoms with Crippen molar-refractivity contribution in [1.29, 1.82) is 0 Å². The average Bonchev–Trinajstić information content (AvgIpc) is 3.43. The van der Waals surface area contributed by atoms with E-state index in [2.05, 4.69) is 31.6 Å². The molecular weight excluding hydrogens is 460 g/mol. The second-order valence-electron chi connectivity index (χ2n) is 7.44. The van der Waals surface area contributed by atoms with Crippen molar-refractivity contribution in [3.05, 3.63) is 75.3 Å². The lowest BCUT2D eigenvalue weighted by Crippen LogP contribution is -2.28. The minimum absolute atomic E-state index is 0.0553. The number of thiazole rings is 1. The number of fused-ring (bicyclic) bond motifs is 1. The van der Waals surface area contributed by atoms with Crippen molar-refractivity contribution in [3.8, 4) is 0 Å². The molecule has 0 radical (unpaired) electrons. The van der Waals surface area contributed by atoms with Crippen molar-refractivity contribution in [2.45, 2.75) is 13.5 Å². The molecule has 2 aromatic carbocycles. The van der Waals surface area contributed by atoms with Crippen LogP contribution in [0.1, 0.15) is 6.92 Å². The molecule has 0 aliphatic carbocycles. The highest BCUT2D eigenvalue weighted by molar-refractivity contribution is 7.22. The molecule has 34 heavy (non-hydrogen) atoms. The number of nitrogens with zero attached hydrogens (tertiary/aromatic N) is 8. The van der Waals surface area contributed by atoms with Crippen LogP contribution in [0.5, 0.6) is 0 Å². The van der Waals surface area contributed by atoms with Crippen LogP contribution in [0.3, 0.4) is 0 Å². The van der Waals surface area contributed by atoms with Gasteiger partial charge in [0.1, 0.15) is 18.9 Å². The highest BCUT2D eigenvalue weighted by atomic mass is 32.1. The van der Waals surface area contributed by atoms with Crippen molar-refractivity contribution in [3.63, 3.8) is 0 Å². The maximum atomic E-state index is 11.3. The van der Waals surface area contributed by atoms with Crippen LogP contribution < -0.4 is 9.47 Å². The molecule has 12 nitrogen and oxygen atoms in total. The van der Waals surface area contributed by atoms with Gasteiger partial charge >= 0.3 is 5.69 Å². The SMILES string of the molecule is CCN(CCn1cc[n+](C)c1)c1ccc(/N=N/c2nc3c([N+](=O)[O-])cc([N+](=O)[O-])cc3s2)cc1. The number of anilines is 1. The smallest absolute Gasteiger partial charge is 0.303 e. The zero-order valence-electron chi connectivity index (χ0n) is 18.4. The Hall–Kier alpha value is -4.26. The summed E-state index contributed by atoms with van der Waals surface area (Å²) in [6.45, 7) is 4.66. The summed E-state index contributed by atoms with van der Waals surface area (Å²) in [5.41, 5.74) is 0.908. The summed E-state index contributed by atoms with van der Waals surface area (Å²) in [4.78, 5) is 27.4. The van der Waals surface area contributed by atoms with Crippen molar-refractivity contribution < 1.29 is 14.4 Å². The quantitative estimate of drug-likeness (QED) is 0.147. The molecule has 0 amide bonds. The van der Waals surface area contributed by atoms with Gasteiger partial charge in [-0.1, -0.05) is 11.3 Å². The van der Waals surface area contributed by atoms with Crippen molar-refractivity contribution in [2.75, 3.05) is 18.0 Å². The second kappa shape index (κ2) is 9.70. The van der Waals surface area contributed by atoms with Crippen LogP contribution in [0.25, 0.3) is 10.2 Å². The van der Waals surface area contributed by atoms with E-state index in [0.29, 0.717) is 10.4 Å². The van der Waals surface area contributed by atoms with Gasteiger partial charge in [-0.3, -0.25) is 20.2 Å². The van der Waals surface area contributed by atoms with Crippen molar-refractivity contribution in [1.82, 2.24) is 9.55 Å². The van der Waals surface area contributed by atoms with E-state index in [-0.39, 0.29) is 16.3 Å². The highest BCUT2D eigenvalue weighted by Crippen LogP contribution is 2.37. The van der Waals surface area contributed by atoms with Crippen LogP contribution in [0, 0.1) is 20.2 Å². The molecule has 0 fully saturated rings. The Balaban J connectivity index is 1.49. The Morgan fingerprint density at radius 1 is 1.15 bits per heavy atom. The predicted molar refractivity (Wildman–Crippen MR) is 127 cm³/mol. The lowest BCUT2D eigenvalue weighted by molar-refractivity contribution is -0.671. The number of aryl methyl sites for hydroxylation is 1. The molecule has 0 atom stereocenters. The molecule has 0 aliphatic heterocycles. The third kappa shape index (κ3) is 5.04.